The summed E-state index contributed by atoms with van der Waals surface area (Å²) in [5.74, 6) is 1.56. The summed E-state index contributed by atoms with van der Waals surface area (Å²) in [6.07, 6.45) is 11.6. The zero-order valence-corrected chi connectivity index (χ0v) is 32.8. The molecule has 4 N–H and O–H groups in total. The van der Waals surface area contributed by atoms with Gasteiger partial charge in [-0.15, -0.1) is 0 Å². The van der Waals surface area contributed by atoms with Gasteiger partial charge in [-0.3, -0.25) is 14.6 Å². The van der Waals surface area contributed by atoms with Crippen LogP contribution in [0, 0.1) is 11.8 Å². The van der Waals surface area contributed by atoms with E-state index in [9.17, 15) is 19.2 Å². The van der Waals surface area contributed by atoms with E-state index in [1.165, 1.54) is 14.2 Å². The van der Waals surface area contributed by atoms with Gasteiger partial charge in [0.05, 0.1) is 54.9 Å². The zero-order valence-electron chi connectivity index (χ0n) is 32.8. The number of hydrogen-bond acceptors (Lipinski definition) is 9. The van der Waals surface area contributed by atoms with Crippen molar-refractivity contribution < 1.29 is 28.7 Å². The maximum absolute atomic E-state index is 13.8. The Hall–Kier alpha value is -5.99. The number of nitrogens with zero attached hydrogens (tertiary/aromatic N) is 5. The lowest BCUT2D eigenvalue weighted by Crippen LogP contribution is -2.53. The van der Waals surface area contributed by atoms with Gasteiger partial charge in [-0.25, -0.2) is 19.6 Å². The fraction of sp³-hybridized carbons (Fsp3) is 0.465. The molecule has 4 amide bonds. The molecule has 0 unspecified atom stereocenters. The molecule has 3 aromatic heterocycles. The molecule has 15 nitrogen and oxygen atoms in total. The molecular weight excluding hydrogens is 739 g/mol. The van der Waals surface area contributed by atoms with Crippen LogP contribution in [0.15, 0.2) is 54.9 Å². The van der Waals surface area contributed by atoms with Gasteiger partial charge in [0, 0.05) is 35.8 Å². The molecule has 0 bridgehead atoms. The van der Waals surface area contributed by atoms with Crippen molar-refractivity contribution in [3.63, 3.8) is 0 Å². The number of alkyl carbamates (subject to hydrolysis) is 2. The van der Waals surface area contributed by atoms with Crippen molar-refractivity contribution in [2.75, 3.05) is 27.3 Å². The number of carbonyl (C=O) groups is 4. The number of carbonyl (C=O) groups excluding carboxylic acids is 4. The monoisotopic (exact) mass is 787 g/mol. The average Bonchev–Trinajstić information content (AvgIpc) is 4.04. The second-order valence-electron chi connectivity index (χ2n) is 16.2. The highest BCUT2D eigenvalue weighted by atomic mass is 16.5. The Morgan fingerprint density at radius 2 is 1.29 bits per heavy atom. The smallest absolute Gasteiger partial charge is 0.407 e. The van der Waals surface area contributed by atoms with Crippen LogP contribution in [-0.4, -0.2) is 98.1 Å². The number of aromatic amines is 2. The highest BCUT2D eigenvalue weighted by molar-refractivity contribution is 5.91. The molecule has 302 valence electrons. The fourth-order valence-electron chi connectivity index (χ4n) is 9.13. The number of pyridine rings is 1. The SMILES string of the molecule is COC(=O)N[C@H](C(=O)N1CCC[C@H]1c1ncc(-c2ccc3cc(-c4ccc5nc([C@@H]6CCCN6C(=O)[C@@H](NC(=O)OC)C6CCC6)[nH]c5c4)ncc3c2)[nH]1)C1CCC1. The van der Waals surface area contributed by atoms with Crippen LogP contribution in [0.25, 0.3) is 44.3 Å². The van der Waals surface area contributed by atoms with Crippen LogP contribution in [-0.2, 0) is 19.1 Å². The molecule has 4 fully saturated rings. The van der Waals surface area contributed by atoms with E-state index < -0.39 is 24.3 Å². The number of methoxy groups -OCH3 is 2. The molecule has 2 aromatic carbocycles. The molecule has 0 radical (unpaired) electrons. The number of benzene rings is 2. The van der Waals surface area contributed by atoms with Crippen LogP contribution < -0.4 is 10.6 Å². The van der Waals surface area contributed by atoms with E-state index in [2.05, 4.69) is 50.9 Å². The van der Waals surface area contributed by atoms with Crippen molar-refractivity contribution in [2.45, 2.75) is 88.4 Å². The Bertz CT molecular complexity index is 2370. The number of amides is 4. The van der Waals surface area contributed by atoms with Crippen molar-refractivity contribution in [2.24, 2.45) is 11.8 Å². The minimum absolute atomic E-state index is 0.0776. The minimum atomic E-state index is -0.599. The van der Waals surface area contributed by atoms with Crippen LogP contribution in [0.4, 0.5) is 9.59 Å². The first-order chi connectivity index (χ1) is 28.3. The lowest BCUT2D eigenvalue weighted by atomic mass is 9.79. The van der Waals surface area contributed by atoms with Crippen molar-refractivity contribution in [1.29, 1.82) is 0 Å². The van der Waals surface area contributed by atoms with Crippen molar-refractivity contribution >= 4 is 45.8 Å². The Morgan fingerprint density at radius 1 is 0.672 bits per heavy atom. The van der Waals surface area contributed by atoms with Crippen molar-refractivity contribution in [1.82, 2.24) is 45.4 Å². The summed E-state index contributed by atoms with van der Waals surface area (Å²) in [5, 5.41) is 7.62. The van der Waals surface area contributed by atoms with Gasteiger partial charge in [0.1, 0.15) is 23.7 Å². The largest absolute Gasteiger partial charge is 0.453 e. The molecule has 0 spiro atoms. The summed E-state index contributed by atoms with van der Waals surface area (Å²) in [4.78, 5) is 77.1. The predicted octanol–water partition coefficient (Wildman–Crippen LogP) is 6.54. The van der Waals surface area contributed by atoms with Crippen LogP contribution >= 0.6 is 0 Å². The molecular formula is C43H49N9O6. The number of rotatable bonds is 10. The maximum atomic E-state index is 13.8. The summed E-state index contributed by atoms with van der Waals surface area (Å²) in [6, 6.07) is 12.7. The van der Waals surface area contributed by atoms with Gasteiger partial charge >= 0.3 is 12.2 Å². The molecule has 4 aliphatic rings. The topological polar surface area (TPSA) is 188 Å². The number of H-pyrrole nitrogens is 2. The zero-order chi connectivity index (χ0) is 39.9. The third-order valence-electron chi connectivity index (χ3n) is 12.8. The number of nitrogens with one attached hydrogen (secondary N) is 4. The van der Waals surface area contributed by atoms with E-state index in [4.69, 9.17) is 24.4 Å². The first-order valence-corrected chi connectivity index (χ1v) is 20.5. The van der Waals surface area contributed by atoms with Crippen LogP contribution in [0.2, 0.25) is 0 Å². The summed E-state index contributed by atoms with van der Waals surface area (Å²) < 4.78 is 9.67. The minimum Gasteiger partial charge on any atom is -0.453 e. The fourth-order valence-corrected chi connectivity index (χ4v) is 9.13. The molecule has 5 aromatic rings. The third kappa shape index (κ3) is 7.11. The number of likely N-dealkylation sites (tertiary alicyclic amines) is 2. The Balaban J connectivity index is 0.903. The highest BCUT2D eigenvalue weighted by Crippen LogP contribution is 2.38. The van der Waals surface area contributed by atoms with E-state index in [-0.39, 0.29) is 35.7 Å². The van der Waals surface area contributed by atoms with Gasteiger partial charge in [0.15, 0.2) is 0 Å². The Morgan fingerprint density at radius 3 is 1.90 bits per heavy atom. The third-order valence-corrected chi connectivity index (χ3v) is 12.8. The van der Waals surface area contributed by atoms with Crippen molar-refractivity contribution in [3.05, 3.63) is 66.5 Å². The lowest BCUT2D eigenvalue weighted by molar-refractivity contribution is -0.137. The summed E-state index contributed by atoms with van der Waals surface area (Å²) in [5.41, 5.74) is 5.25. The number of fused-ring (bicyclic) bond motifs is 2. The van der Waals surface area contributed by atoms with Crippen LogP contribution in [0.3, 0.4) is 0 Å². The molecule has 2 aliphatic heterocycles. The van der Waals surface area contributed by atoms with Gasteiger partial charge in [-0.2, -0.15) is 0 Å². The molecule has 5 heterocycles. The molecule has 2 saturated carbocycles. The number of hydrogen-bond donors (Lipinski definition) is 4. The quantitative estimate of drug-likeness (QED) is 0.122. The molecule has 15 heteroatoms. The Kier molecular flexibility index (Phi) is 10.2. The van der Waals surface area contributed by atoms with Gasteiger partial charge in [0.25, 0.3) is 0 Å². The van der Waals surface area contributed by atoms with Crippen molar-refractivity contribution in [3.8, 4) is 22.5 Å². The lowest BCUT2D eigenvalue weighted by Gasteiger charge is -2.36. The molecule has 2 aliphatic carbocycles. The van der Waals surface area contributed by atoms with E-state index >= 15 is 0 Å². The normalized spacial score (nSPS) is 20.7. The van der Waals surface area contributed by atoms with E-state index in [0.29, 0.717) is 13.1 Å². The van der Waals surface area contributed by atoms with Crippen LogP contribution in [0.1, 0.15) is 87.9 Å². The standard InChI is InChI=1S/C43H49N9O6/c1-57-42(55)49-36(24-7-3-8-24)40(53)51-17-5-11-34(51)38-45-23-33(48-38)27-14-13-26-20-31(44-22-29(26)19-27)28-15-16-30-32(21-28)47-39(46-30)35-12-6-18-52(35)41(54)37(25-9-4-10-25)50-43(56)58-2/h13-16,19-25,34-37H,3-12,17-18H2,1-2H3,(H,45,48)(H,46,47)(H,49,55)(H,50,56)/t34-,35-,36-,37-/m0/s1. The summed E-state index contributed by atoms with van der Waals surface area (Å²) in [7, 11) is 2.63. The number of ether oxygens (including phenoxy) is 2. The second kappa shape index (κ2) is 15.7. The number of imidazole rings is 2. The maximum Gasteiger partial charge on any atom is 0.407 e. The van der Waals surface area contributed by atoms with E-state index in [1.807, 2.05) is 34.3 Å². The number of aromatic nitrogens is 5. The average molecular weight is 788 g/mol. The first kappa shape index (κ1) is 37.6. The van der Waals surface area contributed by atoms with Crippen LogP contribution in [0.5, 0.6) is 0 Å². The second-order valence-corrected chi connectivity index (χ2v) is 16.2. The van der Waals surface area contributed by atoms with E-state index in [0.717, 1.165) is 120 Å². The summed E-state index contributed by atoms with van der Waals surface area (Å²) >= 11 is 0. The van der Waals surface area contributed by atoms with Gasteiger partial charge in [-0.1, -0.05) is 31.0 Å². The molecule has 9 rings (SSSR count). The summed E-state index contributed by atoms with van der Waals surface area (Å²) in [6.45, 7) is 1.23. The Labute approximate surface area is 335 Å². The van der Waals surface area contributed by atoms with E-state index in [1.54, 1.807) is 0 Å². The van der Waals surface area contributed by atoms with Gasteiger partial charge < -0.3 is 39.9 Å². The molecule has 58 heavy (non-hydrogen) atoms. The predicted molar refractivity (Wildman–Crippen MR) is 215 cm³/mol. The highest BCUT2D eigenvalue weighted by Gasteiger charge is 2.43. The molecule has 2 saturated heterocycles. The van der Waals surface area contributed by atoms with Gasteiger partial charge in [0.2, 0.25) is 11.8 Å². The first-order valence-electron chi connectivity index (χ1n) is 20.5. The molecule has 4 atom stereocenters. The van der Waals surface area contributed by atoms with Gasteiger partial charge in [-0.05, 0) is 92.9 Å².